The highest BCUT2D eigenvalue weighted by Crippen LogP contribution is 2.24. The van der Waals surface area contributed by atoms with Crippen molar-refractivity contribution in [3.05, 3.63) is 30.1 Å². The first-order chi connectivity index (χ1) is 11.6. The Morgan fingerprint density at radius 1 is 1.29 bits per heavy atom. The number of carbonyl (C=O) groups excluding carboxylic acids is 1. The van der Waals surface area contributed by atoms with Crippen LogP contribution in [0.15, 0.2) is 18.3 Å². The molecule has 0 aromatic carbocycles. The minimum Gasteiger partial charge on any atom is -0.307 e. The molecule has 1 saturated heterocycles. The first kappa shape index (κ1) is 16.5. The van der Waals surface area contributed by atoms with Crippen molar-refractivity contribution >= 4 is 11.7 Å². The van der Waals surface area contributed by atoms with E-state index in [1.165, 1.54) is 25.1 Å². The summed E-state index contributed by atoms with van der Waals surface area (Å²) < 4.78 is 27.1. The zero-order chi connectivity index (χ0) is 16.9. The van der Waals surface area contributed by atoms with Crippen molar-refractivity contribution in [1.82, 2.24) is 20.1 Å². The van der Waals surface area contributed by atoms with Crippen molar-refractivity contribution in [3.8, 4) is 11.3 Å². The van der Waals surface area contributed by atoms with Crippen LogP contribution in [0, 0.1) is 11.8 Å². The number of hydrogen-bond acceptors (Lipinski definition) is 4. The van der Waals surface area contributed by atoms with Gasteiger partial charge in [-0.1, -0.05) is 0 Å². The lowest BCUT2D eigenvalue weighted by Crippen LogP contribution is -2.22. The number of rotatable bonds is 6. The molecular formula is C16H19F2N5O. The number of anilines is 1. The molecule has 1 aliphatic rings. The summed E-state index contributed by atoms with van der Waals surface area (Å²) in [5.74, 6) is -1.76. The number of nitrogens with zero attached hydrogens (tertiary/aromatic N) is 3. The van der Waals surface area contributed by atoms with E-state index in [1.54, 1.807) is 0 Å². The van der Waals surface area contributed by atoms with E-state index in [-0.39, 0.29) is 17.4 Å². The Hall–Kier alpha value is -2.35. The van der Waals surface area contributed by atoms with Gasteiger partial charge in [0.1, 0.15) is 5.69 Å². The Balaban J connectivity index is 1.55. The second-order valence-electron chi connectivity index (χ2n) is 5.83. The third-order valence-electron chi connectivity index (χ3n) is 4.06. The van der Waals surface area contributed by atoms with Crippen molar-refractivity contribution in [1.29, 1.82) is 0 Å². The van der Waals surface area contributed by atoms with E-state index in [0.717, 1.165) is 32.1 Å². The van der Waals surface area contributed by atoms with Gasteiger partial charge in [-0.05, 0) is 51.0 Å². The number of hydrogen-bond donors (Lipinski definition) is 2. The van der Waals surface area contributed by atoms with Gasteiger partial charge in [0.2, 0.25) is 11.9 Å². The van der Waals surface area contributed by atoms with Crippen LogP contribution in [-0.4, -0.2) is 45.6 Å². The molecule has 24 heavy (non-hydrogen) atoms. The van der Waals surface area contributed by atoms with Gasteiger partial charge < -0.3 is 10.2 Å². The van der Waals surface area contributed by atoms with E-state index >= 15 is 0 Å². The fraction of sp³-hybridized carbons (Fsp3) is 0.438. The number of likely N-dealkylation sites (tertiary alicyclic amines) is 1. The van der Waals surface area contributed by atoms with Gasteiger partial charge in [-0.2, -0.15) is 9.49 Å². The molecule has 1 amide bonds. The molecule has 0 saturated carbocycles. The number of nitrogens with one attached hydrogen (secondary N) is 2. The number of pyridine rings is 1. The van der Waals surface area contributed by atoms with E-state index in [4.69, 9.17) is 0 Å². The highest BCUT2D eigenvalue weighted by Gasteiger charge is 2.17. The number of carbonyl (C=O) groups is 1. The summed E-state index contributed by atoms with van der Waals surface area (Å²) in [7, 11) is 0. The molecule has 6 nitrogen and oxygen atoms in total. The normalized spacial score (nSPS) is 14.9. The summed E-state index contributed by atoms with van der Waals surface area (Å²) >= 11 is 0. The molecule has 8 heteroatoms. The van der Waals surface area contributed by atoms with Crippen molar-refractivity contribution in [2.45, 2.75) is 25.7 Å². The third-order valence-corrected chi connectivity index (χ3v) is 4.06. The van der Waals surface area contributed by atoms with Gasteiger partial charge in [0.15, 0.2) is 11.6 Å². The van der Waals surface area contributed by atoms with Crippen LogP contribution in [-0.2, 0) is 4.79 Å². The molecule has 2 aromatic heterocycles. The molecule has 1 aliphatic heterocycles. The number of halogens is 2. The van der Waals surface area contributed by atoms with Crippen molar-refractivity contribution in [2.75, 3.05) is 25.0 Å². The van der Waals surface area contributed by atoms with Gasteiger partial charge in [-0.3, -0.25) is 9.89 Å². The Morgan fingerprint density at radius 3 is 2.79 bits per heavy atom. The maximum absolute atomic E-state index is 14.3. The smallest absolute Gasteiger partial charge is 0.225 e. The maximum Gasteiger partial charge on any atom is 0.225 e. The fourth-order valence-corrected chi connectivity index (χ4v) is 2.79. The zero-order valence-electron chi connectivity index (χ0n) is 13.2. The second-order valence-corrected chi connectivity index (χ2v) is 5.83. The van der Waals surface area contributed by atoms with Gasteiger partial charge >= 0.3 is 0 Å². The molecule has 3 heterocycles. The Kier molecular flexibility index (Phi) is 5.14. The van der Waals surface area contributed by atoms with Gasteiger partial charge in [0.05, 0.1) is 0 Å². The molecule has 0 spiro atoms. The summed E-state index contributed by atoms with van der Waals surface area (Å²) in [4.78, 5) is 17.7. The first-order valence-corrected chi connectivity index (χ1v) is 8.01. The molecule has 0 bridgehead atoms. The van der Waals surface area contributed by atoms with Gasteiger partial charge in [0, 0.05) is 18.2 Å². The largest absolute Gasteiger partial charge is 0.307 e. The van der Waals surface area contributed by atoms with Crippen LogP contribution in [0.3, 0.4) is 0 Å². The van der Waals surface area contributed by atoms with Crippen molar-refractivity contribution < 1.29 is 13.6 Å². The van der Waals surface area contributed by atoms with Crippen molar-refractivity contribution in [2.24, 2.45) is 0 Å². The highest BCUT2D eigenvalue weighted by molar-refractivity contribution is 5.90. The highest BCUT2D eigenvalue weighted by atomic mass is 19.1. The predicted molar refractivity (Wildman–Crippen MR) is 85.3 cm³/mol. The van der Waals surface area contributed by atoms with E-state index < -0.39 is 11.8 Å². The maximum atomic E-state index is 14.3. The Morgan fingerprint density at radius 2 is 2.08 bits per heavy atom. The van der Waals surface area contributed by atoms with E-state index in [9.17, 15) is 13.6 Å². The predicted octanol–water partition coefficient (Wildman–Crippen LogP) is 2.56. The number of aromatic nitrogens is 3. The van der Waals surface area contributed by atoms with Gasteiger partial charge in [-0.15, -0.1) is 0 Å². The standard InChI is InChI=1S/C16H19F2N5O/c17-12-6-5-11(10-19-12)15-14(18)16(22-21-15)20-13(24)4-3-9-23-7-1-2-8-23/h5-6,10H,1-4,7-9H2,(H2,20,21,22,24). The van der Waals surface area contributed by atoms with Crippen LogP contribution >= 0.6 is 0 Å². The molecule has 2 N–H and O–H groups in total. The topological polar surface area (TPSA) is 73.9 Å². The molecule has 0 aliphatic carbocycles. The minimum absolute atomic E-state index is 0.0647. The average Bonchev–Trinajstić information content (AvgIpc) is 3.20. The Labute approximate surface area is 138 Å². The van der Waals surface area contributed by atoms with Gasteiger partial charge in [-0.25, -0.2) is 9.37 Å². The molecule has 3 rings (SSSR count). The lowest BCUT2D eigenvalue weighted by molar-refractivity contribution is -0.116. The number of amides is 1. The SMILES string of the molecule is O=C(CCCN1CCCC1)Nc1n[nH]c(-c2ccc(F)nc2)c1F. The van der Waals surface area contributed by atoms with E-state index in [0.29, 0.717) is 12.0 Å². The zero-order valence-corrected chi connectivity index (χ0v) is 13.2. The molecule has 0 unspecified atom stereocenters. The van der Waals surface area contributed by atoms with Crippen LogP contribution in [0.5, 0.6) is 0 Å². The summed E-state index contributed by atoms with van der Waals surface area (Å²) in [5.41, 5.74) is 0.422. The molecule has 0 radical (unpaired) electrons. The van der Waals surface area contributed by atoms with E-state index in [1.807, 2.05) is 0 Å². The monoisotopic (exact) mass is 335 g/mol. The van der Waals surface area contributed by atoms with Crippen LogP contribution in [0.1, 0.15) is 25.7 Å². The summed E-state index contributed by atoms with van der Waals surface area (Å²) in [6.45, 7) is 3.05. The second kappa shape index (κ2) is 7.48. The summed E-state index contributed by atoms with van der Waals surface area (Å²) in [6, 6.07) is 2.52. The first-order valence-electron chi connectivity index (χ1n) is 8.01. The van der Waals surface area contributed by atoms with Crippen LogP contribution in [0.2, 0.25) is 0 Å². The number of H-pyrrole nitrogens is 1. The minimum atomic E-state index is -0.684. The molecule has 1 fully saturated rings. The molecule has 2 aromatic rings. The number of aromatic amines is 1. The molecule has 128 valence electrons. The molecule has 0 atom stereocenters. The lowest BCUT2D eigenvalue weighted by Gasteiger charge is -2.13. The van der Waals surface area contributed by atoms with Crippen LogP contribution < -0.4 is 5.32 Å². The molecular weight excluding hydrogens is 316 g/mol. The van der Waals surface area contributed by atoms with Gasteiger partial charge in [0.25, 0.3) is 0 Å². The average molecular weight is 335 g/mol. The summed E-state index contributed by atoms with van der Waals surface area (Å²) in [5, 5.41) is 8.75. The third kappa shape index (κ3) is 3.94. The van der Waals surface area contributed by atoms with Crippen LogP contribution in [0.4, 0.5) is 14.6 Å². The Bertz CT molecular complexity index is 695. The quantitative estimate of drug-likeness (QED) is 0.796. The van der Waals surface area contributed by atoms with E-state index in [2.05, 4.69) is 25.4 Å². The lowest BCUT2D eigenvalue weighted by atomic mass is 10.2. The van der Waals surface area contributed by atoms with Crippen molar-refractivity contribution in [3.63, 3.8) is 0 Å². The summed E-state index contributed by atoms with van der Waals surface area (Å²) in [6.07, 6.45) is 4.67. The fourth-order valence-electron chi connectivity index (χ4n) is 2.79. The van der Waals surface area contributed by atoms with Crippen LogP contribution in [0.25, 0.3) is 11.3 Å².